The van der Waals surface area contributed by atoms with Crippen LogP contribution in [0.4, 0.5) is 28.0 Å². The number of hydrogen-bond donors (Lipinski definition) is 1. The molecule has 0 aliphatic carbocycles. The van der Waals surface area contributed by atoms with Crippen molar-refractivity contribution in [1.82, 2.24) is 4.90 Å². The van der Waals surface area contributed by atoms with Gasteiger partial charge in [0.15, 0.2) is 0 Å². The van der Waals surface area contributed by atoms with Crippen molar-refractivity contribution in [2.75, 3.05) is 12.4 Å². The first-order chi connectivity index (χ1) is 10.8. The monoisotopic (exact) mass is 326 g/mol. The van der Waals surface area contributed by atoms with Crippen LogP contribution in [-0.2, 0) is 12.7 Å². The van der Waals surface area contributed by atoms with Crippen molar-refractivity contribution in [1.29, 1.82) is 0 Å². The number of carbonyl (C=O) groups is 1. The van der Waals surface area contributed by atoms with Crippen molar-refractivity contribution < 1.29 is 22.4 Å². The van der Waals surface area contributed by atoms with Gasteiger partial charge in [0, 0.05) is 13.6 Å². The topological polar surface area (TPSA) is 32.3 Å². The zero-order chi connectivity index (χ0) is 17.0. The number of alkyl halides is 3. The zero-order valence-corrected chi connectivity index (χ0v) is 12.2. The SMILES string of the molecule is CN(Cc1ccccc1)C(=O)Nc1cc(C(F)(F)F)ccc1F. The molecule has 7 heteroatoms. The smallest absolute Gasteiger partial charge is 0.323 e. The summed E-state index contributed by atoms with van der Waals surface area (Å²) in [6, 6.07) is 10.2. The Hall–Kier alpha value is -2.57. The van der Waals surface area contributed by atoms with Crippen molar-refractivity contribution >= 4 is 11.7 Å². The van der Waals surface area contributed by atoms with Crippen molar-refractivity contribution in [2.24, 2.45) is 0 Å². The Bertz CT molecular complexity index is 686. The molecule has 0 aliphatic heterocycles. The predicted octanol–water partition coefficient (Wildman–Crippen LogP) is 4.51. The van der Waals surface area contributed by atoms with Gasteiger partial charge in [-0.25, -0.2) is 9.18 Å². The number of anilines is 1. The fourth-order valence-corrected chi connectivity index (χ4v) is 1.94. The van der Waals surface area contributed by atoms with E-state index in [1.807, 2.05) is 6.07 Å². The minimum Gasteiger partial charge on any atom is -0.323 e. The van der Waals surface area contributed by atoms with Crippen LogP contribution in [0.5, 0.6) is 0 Å². The standard InChI is InChI=1S/C16H14F4N2O/c1-22(10-11-5-3-2-4-6-11)15(23)21-14-9-12(16(18,19)20)7-8-13(14)17/h2-9H,10H2,1H3,(H,21,23). The average Bonchev–Trinajstić information content (AvgIpc) is 2.49. The van der Waals surface area contributed by atoms with Gasteiger partial charge in [-0.3, -0.25) is 0 Å². The predicted molar refractivity (Wildman–Crippen MR) is 78.3 cm³/mol. The number of hydrogen-bond acceptors (Lipinski definition) is 1. The van der Waals surface area contributed by atoms with E-state index in [0.29, 0.717) is 18.2 Å². The number of nitrogens with one attached hydrogen (secondary N) is 1. The minimum absolute atomic E-state index is 0.243. The van der Waals surface area contributed by atoms with E-state index < -0.39 is 29.3 Å². The first-order valence-electron chi connectivity index (χ1n) is 6.70. The van der Waals surface area contributed by atoms with Gasteiger partial charge >= 0.3 is 12.2 Å². The van der Waals surface area contributed by atoms with Crippen LogP contribution in [0.2, 0.25) is 0 Å². The lowest BCUT2D eigenvalue weighted by atomic mass is 10.2. The lowest BCUT2D eigenvalue weighted by Crippen LogP contribution is -2.31. The van der Waals surface area contributed by atoms with Crippen LogP contribution in [-0.4, -0.2) is 18.0 Å². The first kappa shape index (κ1) is 16.8. The highest BCUT2D eigenvalue weighted by Gasteiger charge is 2.31. The molecule has 122 valence electrons. The Morgan fingerprint density at radius 1 is 1.13 bits per heavy atom. The molecule has 0 unspecified atom stereocenters. The molecule has 0 heterocycles. The van der Waals surface area contributed by atoms with Gasteiger partial charge in [-0.05, 0) is 23.8 Å². The number of carbonyl (C=O) groups excluding carboxylic acids is 1. The lowest BCUT2D eigenvalue weighted by Gasteiger charge is -2.19. The van der Waals surface area contributed by atoms with Gasteiger partial charge in [-0.2, -0.15) is 13.2 Å². The van der Waals surface area contributed by atoms with Crippen LogP contribution in [0.15, 0.2) is 48.5 Å². The van der Waals surface area contributed by atoms with Crippen molar-refractivity contribution in [3.63, 3.8) is 0 Å². The second kappa shape index (κ2) is 6.68. The summed E-state index contributed by atoms with van der Waals surface area (Å²) in [5, 5.41) is 2.15. The summed E-state index contributed by atoms with van der Waals surface area (Å²) in [4.78, 5) is 13.2. The van der Waals surface area contributed by atoms with E-state index >= 15 is 0 Å². The molecule has 3 nitrogen and oxygen atoms in total. The van der Waals surface area contributed by atoms with E-state index in [-0.39, 0.29) is 6.54 Å². The van der Waals surface area contributed by atoms with Gasteiger partial charge in [-0.15, -0.1) is 0 Å². The van der Waals surface area contributed by atoms with E-state index in [0.717, 1.165) is 5.56 Å². The maximum Gasteiger partial charge on any atom is 0.416 e. The fraction of sp³-hybridized carbons (Fsp3) is 0.188. The molecule has 0 saturated carbocycles. The molecule has 1 N–H and O–H groups in total. The highest BCUT2D eigenvalue weighted by molar-refractivity contribution is 5.89. The molecule has 2 rings (SSSR count). The Morgan fingerprint density at radius 2 is 1.78 bits per heavy atom. The molecule has 0 saturated heterocycles. The Labute approximate surface area is 130 Å². The molecule has 0 spiro atoms. The lowest BCUT2D eigenvalue weighted by molar-refractivity contribution is -0.137. The van der Waals surface area contributed by atoms with E-state index in [1.54, 1.807) is 24.3 Å². The molecule has 2 amide bonds. The second-order valence-electron chi connectivity index (χ2n) is 4.96. The van der Waals surface area contributed by atoms with Crippen LogP contribution in [0.3, 0.4) is 0 Å². The number of urea groups is 1. The summed E-state index contributed by atoms with van der Waals surface area (Å²) in [7, 11) is 1.47. The zero-order valence-electron chi connectivity index (χ0n) is 12.2. The number of benzene rings is 2. The second-order valence-corrected chi connectivity index (χ2v) is 4.96. The molecular formula is C16H14F4N2O. The Balaban J connectivity index is 2.10. The van der Waals surface area contributed by atoms with E-state index in [2.05, 4.69) is 5.32 Å². The van der Waals surface area contributed by atoms with Gasteiger partial charge in [0.05, 0.1) is 11.3 Å². The summed E-state index contributed by atoms with van der Waals surface area (Å²) >= 11 is 0. The fourth-order valence-electron chi connectivity index (χ4n) is 1.94. The molecule has 0 aliphatic rings. The third kappa shape index (κ3) is 4.45. The summed E-state index contributed by atoms with van der Waals surface area (Å²) in [6.07, 6.45) is -4.61. The maximum absolute atomic E-state index is 13.6. The highest BCUT2D eigenvalue weighted by Crippen LogP contribution is 2.31. The van der Waals surface area contributed by atoms with Gasteiger partial charge in [0.1, 0.15) is 5.82 Å². The van der Waals surface area contributed by atoms with Crippen LogP contribution >= 0.6 is 0 Å². The van der Waals surface area contributed by atoms with Gasteiger partial charge < -0.3 is 10.2 Å². The molecule has 0 fully saturated rings. The number of amides is 2. The molecule has 0 radical (unpaired) electrons. The number of halogens is 4. The van der Waals surface area contributed by atoms with E-state index in [4.69, 9.17) is 0 Å². The summed E-state index contributed by atoms with van der Waals surface area (Å²) in [5.41, 5.74) is -0.695. The first-order valence-corrected chi connectivity index (χ1v) is 6.70. The Morgan fingerprint density at radius 3 is 2.39 bits per heavy atom. The summed E-state index contributed by atoms with van der Waals surface area (Å²) in [6.45, 7) is 0.243. The molecular weight excluding hydrogens is 312 g/mol. The summed E-state index contributed by atoms with van der Waals surface area (Å²) in [5.74, 6) is -0.931. The molecule has 0 aromatic heterocycles. The van der Waals surface area contributed by atoms with Crippen molar-refractivity contribution in [3.05, 3.63) is 65.5 Å². The van der Waals surface area contributed by atoms with Gasteiger partial charge in [0.25, 0.3) is 0 Å². The Kier molecular flexibility index (Phi) is 4.88. The molecule has 0 bridgehead atoms. The molecule has 2 aromatic rings. The van der Waals surface area contributed by atoms with E-state index in [1.165, 1.54) is 11.9 Å². The van der Waals surface area contributed by atoms with Crippen LogP contribution in [0.1, 0.15) is 11.1 Å². The van der Waals surface area contributed by atoms with Crippen molar-refractivity contribution in [2.45, 2.75) is 12.7 Å². The van der Waals surface area contributed by atoms with Crippen molar-refractivity contribution in [3.8, 4) is 0 Å². The maximum atomic E-state index is 13.6. The molecule has 0 atom stereocenters. The quantitative estimate of drug-likeness (QED) is 0.827. The molecule has 2 aromatic carbocycles. The number of nitrogens with zero attached hydrogens (tertiary/aromatic N) is 1. The minimum atomic E-state index is -4.61. The third-order valence-electron chi connectivity index (χ3n) is 3.14. The van der Waals surface area contributed by atoms with E-state index in [9.17, 15) is 22.4 Å². The highest BCUT2D eigenvalue weighted by atomic mass is 19.4. The largest absolute Gasteiger partial charge is 0.416 e. The number of rotatable bonds is 3. The van der Waals surface area contributed by atoms with Crippen LogP contribution < -0.4 is 5.32 Å². The normalized spacial score (nSPS) is 11.2. The van der Waals surface area contributed by atoms with Gasteiger partial charge in [-0.1, -0.05) is 30.3 Å². The van der Waals surface area contributed by atoms with Crippen LogP contribution in [0, 0.1) is 5.82 Å². The van der Waals surface area contributed by atoms with Crippen LogP contribution in [0.25, 0.3) is 0 Å². The molecule has 23 heavy (non-hydrogen) atoms. The third-order valence-corrected chi connectivity index (χ3v) is 3.14. The van der Waals surface area contributed by atoms with Gasteiger partial charge in [0.2, 0.25) is 0 Å². The average molecular weight is 326 g/mol. The summed E-state index contributed by atoms with van der Waals surface area (Å²) < 4.78 is 51.5.